The monoisotopic (exact) mass is 449 g/mol. The number of likely N-dealkylation sites (tertiary alicyclic amines) is 1. The molecule has 1 aliphatic rings. The van der Waals surface area contributed by atoms with Gasteiger partial charge in [0.15, 0.2) is 0 Å². The van der Waals surface area contributed by atoms with Crippen LogP contribution in [0.4, 0.5) is 14.9 Å². The number of piperidine rings is 1. The summed E-state index contributed by atoms with van der Waals surface area (Å²) in [6.07, 6.45) is 2.21. The van der Waals surface area contributed by atoms with E-state index in [1.807, 2.05) is 14.1 Å². The van der Waals surface area contributed by atoms with Crippen LogP contribution in [0, 0.1) is 5.82 Å². The number of carbonyl (C=O) groups is 1. The maximum absolute atomic E-state index is 14.8. The number of nitrogens with one attached hydrogen (secondary N) is 2. The van der Waals surface area contributed by atoms with Gasteiger partial charge in [0.1, 0.15) is 11.6 Å². The van der Waals surface area contributed by atoms with Crippen molar-refractivity contribution in [1.29, 1.82) is 0 Å². The largest absolute Gasteiger partial charge is 0.495 e. The number of anilines is 1. The fourth-order valence-corrected chi connectivity index (χ4v) is 3.82. The molecule has 0 radical (unpaired) electrons. The Morgan fingerprint density at radius 2 is 2.10 bits per heavy atom. The first-order valence-corrected chi connectivity index (χ1v) is 10.6. The molecule has 0 bridgehead atoms. The van der Waals surface area contributed by atoms with Crippen molar-refractivity contribution in [2.75, 3.05) is 52.7 Å². The van der Waals surface area contributed by atoms with Crippen LogP contribution in [-0.4, -0.2) is 74.2 Å². The molecule has 0 spiro atoms. The van der Waals surface area contributed by atoms with Gasteiger partial charge >= 0.3 is 6.03 Å². The number of likely N-dealkylation sites (N-methyl/N-ethyl adjacent to an activating group) is 1. The van der Waals surface area contributed by atoms with Gasteiger partial charge in [-0.05, 0) is 44.8 Å². The molecule has 0 unspecified atom stereocenters. The first kappa shape index (κ1) is 23.2. The van der Waals surface area contributed by atoms with Gasteiger partial charge in [0.25, 0.3) is 0 Å². The van der Waals surface area contributed by atoms with Gasteiger partial charge in [-0.25, -0.2) is 9.18 Å². The molecule has 7 nitrogen and oxygen atoms in total. The quantitative estimate of drug-likeness (QED) is 0.677. The van der Waals surface area contributed by atoms with Crippen molar-refractivity contribution in [3.63, 3.8) is 0 Å². The second kappa shape index (κ2) is 10.7. The normalized spacial score (nSPS) is 19.3. The highest BCUT2D eigenvalue weighted by Gasteiger charge is 2.34. The van der Waals surface area contributed by atoms with E-state index in [-0.39, 0.29) is 18.0 Å². The minimum Gasteiger partial charge on any atom is -0.495 e. The molecule has 1 aliphatic heterocycles. The molecule has 2 amide bonds. The Balaban J connectivity index is 1.74. The van der Waals surface area contributed by atoms with Crippen LogP contribution in [0.5, 0.6) is 5.75 Å². The fourth-order valence-electron chi connectivity index (χ4n) is 3.70. The zero-order valence-corrected chi connectivity index (χ0v) is 18.8. The summed E-state index contributed by atoms with van der Waals surface area (Å²) in [4.78, 5) is 21.3. The maximum atomic E-state index is 14.8. The van der Waals surface area contributed by atoms with Gasteiger partial charge < -0.3 is 25.2 Å². The third kappa shape index (κ3) is 6.53. The van der Waals surface area contributed by atoms with Crippen LogP contribution < -0.4 is 15.4 Å². The highest BCUT2D eigenvalue weighted by molar-refractivity contribution is 6.30. The number of hydrogen-bond donors (Lipinski definition) is 2. The Morgan fingerprint density at radius 3 is 2.74 bits per heavy atom. The van der Waals surface area contributed by atoms with E-state index in [4.69, 9.17) is 16.3 Å². The van der Waals surface area contributed by atoms with Gasteiger partial charge in [0, 0.05) is 54.9 Å². The van der Waals surface area contributed by atoms with Crippen molar-refractivity contribution < 1.29 is 13.9 Å². The summed E-state index contributed by atoms with van der Waals surface area (Å²) in [5.74, 6) is -0.340. The molecular weight excluding hydrogens is 421 g/mol. The summed E-state index contributed by atoms with van der Waals surface area (Å²) in [5, 5.41) is 6.42. The lowest BCUT2D eigenvalue weighted by atomic mass is 9.88. The highest BCUT2D eigenvalue weighted by Crippen LogP contribution is 2.29. The number of aromatic nitrogens is 1. The predicted octanol–water partition coefficient (Wildman–Crippen LogP) is 3.42. The number of urea groups is 1. The summed E-state index contributed by atoms with van der Waals surface area (Å²) < 4.78 is 19.9. The van der Waals surface area contributed by atoms with Gasteiger partial charge in [-0.15, -0.1) is 0 Å². The van der Waals surface area contributed by atoms with Gasteiger partial charge in [0.05, 0.1) is 19.0 Å². The van der Waals surface area contributed by atoms with Crippen molar-refractivity contribution in [1.82, 2.24) is 20.1 Å². The number of methoxy groups -OCH3 is 1. The topological polar surface area (TPSA) is 69.7 Å². The highest BCUT2D eigenvalue weighted by atomic mass is 35.5. The number of amides is 2. The standard InChI is InChI=1S/C22H29ClFN5O2/c1-28(2)10-11-29-9-8-20(27-22(30)26-16-6-4-15(23)5-7-16)18(14-29)21-19(24)12-17(31-3)13-25-21/h4-7,12-13,18,20H,8-11,14H2,1-3H3,(H2,26,27,30)/t18-,20-/m1/s1. The molecule has 2 aromatic rings. The van der Waals surface area contributed by atoms with Crippen LogP contribution in [0.3, 0.4) is 0 Å². The van der Waals surface area contributed by atoms with Crippen LogP contribution >= 0.6 is 11.6 Å². The zero-order chi connectivity index (χ0) is 22.4. The number of hydrogen-bond acceptors (Lipinski definition) is 5. The van der Waals surface area contributed by atoms with E-state index in [1.54, 1.807) is 24.3 Å². The third-order valence-electron chi connectivity index (χ3n) is 5.41. The van der Waals surface area contributed by atoms with E-state index in [9.17, 15) is 9.18 Å². The van der Waals surface area contributed by atoms with Crippen molar-refractivity contribution in [2.45, 2.75) is 18.4 Å². The Labute approximate surface area is 187 Å². The smallest absolute Gasteiger partial charge is 0.319 e. The van der Waals surface area contributed by atoms with Crippen LogP contribution in [-0.2, 0) is 0 Å². The molecule has 2 N–H and O–H groups in total. The number of benzene rings is 1. The second-order valence-electron chi connectivity index (χ2n) is 7.95. The van der Waals surface area contributed by atoms with Gasteiger partial charge in [-0.1, -0.05) is 11.6 Å². The first-order valence-electron chi connectivity index (χ1n) is 10.3. The van der Waals surface area contributed by atoms with Crippen molar-refractivity contribution >= 4 is 23.3 Å². The van der Waals surface area contributed by atoms with E-state index in [0.29, 0.717) is 35.1 Å². The van der Waals surface area contributed by atoms with E-state index in [2.05, 4.69) is 25.4 Å². The van der Waals surface area contributed by atoms with E-state index in [1.165, 1.54) is 19.4 Å². The molecule has 1 aromatic carbocycles. The van der Waals surface area contributed by atoms with Crippen LogP contribution in [0.25, 0.3) is 0 Å². The van der Waals surface area contributed by atoms with Gasteiger partial charge in [-0.2, -0.15) is 0 Å². The summed E-state index contributed by atoms with van der Waals surface area (Å²) in [6, 6.07) is 7.62. The molecule has 1 saturated heterocycles. The molecule has 2 atom stereocenters. The Kier molecular flexibility index (Phi) is 8.06. The number of ether oxygens (including phenoxy) is 1. The molecular formula is C22H29ClFN5O2. The van der Waals surface area contributed by atoms with E-state index in [0.717, 1.165) is 19.6 Å². The average Bonchev–Trinajstić information content (AvgIpc) is 2.74. The number of pyridine rings is 1. The lowest BCUT2D eigenvalue weighted by Gasteiger charge is -2.39. The average molecular weight is 450 g/mol. The SMILES string of the molecule is COc1cnc([C@@H]2CN(CCN(C)C)CC[C@H]2NC(=O)Nc2ccc(Cl)cc2)c(F)c1. The number of rotatable bonds is 7. The van der Waals surface area contributed by atoms with Gasteiger partial charge in [-0.3, -0.25) is 4.98 Å². The summed E-state index contributed by atoms with van der Waals surface area (Å²) in [5.41, 5.74) is 0.975. The second-order valence-corrected chi connectivity index (χ2v) is 8.39. The van der Waals surface area contributed by atoms with Crippen molar-refractivity contribution in [3.05, 3.63) is 53.1 Å². The predicted molar refractivity (Wildman–Crippen MR) is 120 cm³/mol. The molecule has 31 heavy (non-hydrogen) atoms. The van der Waals surface area contributed by atoms with Crippen LogP contribution in [0.1, 0.15) is 18.0 Å². The molecule has 0 aliphatic carbocycles. The Bertz CT molecular complexity index is 881. The molecule has 1 aromatic heterocycles. The third-order valence-corrected chi connectivity index (χ3v) is 5.66. The minimum absolute atomic E-state index is 0.252. The summed E-state index contributed by atoms with van der Waals surface area (Å²) >= 11 is 5.90. The number of carbonyl (C=O) groups excluding carboxylic acids is 1. The summed E-state index contributed by atoms with van der Waals surface area (Å²) in [7, 11) is 5.53. The first-order chi connectivity index (χ1) is 14.9. The lowest BCUT2D eigenvalue weighted by Crippen LogP contribution is -2.52. The maximum Gasteiger partial charge on any atom is 0.319 e. The number of nitrogens with zero attached hydrogens (tertiary/aromatic N) is 3. The fraction of sp³-hybridized carbons (Fsp3) is 0.455. The zero-order valence-electron chi connectivity index (χ0n) is 18.1. The van der Waals surface area contributed by atoms with Crippen LogP contribution in [0.15, 0.2) is 36.5 Å². The summed E-state index contributed by atoms with van der Waals surface area (Å²) in [6.45, 7) is 3.19. The van der Waals surface area contributed by atoms with E-state index < -0.39 is 5.82 Å². The Morgan fingerprint density at radius 1 is 1.35 bits per heavy atom. The van der Waals surface area contributed by atoms with Crippen molar-refractivity contribution in [3.8, 4) is 5.75 Å². The molecule has 1 fully saturated rings. The van der Waals surface area contributed by atoms with Gasteiger partial charge in [0.2, 0.25) is 0 Å². The lowest BCUT2D eigenvalue weighted by molar-refractivity contribution is 0.160. The molecule has 0 saturated carbocycles. The number of halogens is 2. The van der Waals surface area contributed by atoms with Crippen molar-refractivity contribution in [2.24, 2.45) is 0 Å². The molecule has 3 rings (SSSR count). The Hall–Kier alpha value is -2.42. The minimum atomic E-state index is -0.427. The molecule has 2 heterocycles. The van der Waals surface area contributed by atoms with E-state index >= 15 is 0 Å². The molecule has 9 heteroatoms. The molecule has 168 valence electrons. The van der Waals surface area contributed by atoms with Crippen LogP contribution in [0.2, 0.25) is 5.02 Å².